The van der Waals surface area contributed by atoms with E-state index < -0.39 is 119 Å². The zero-order valence-electron chi connectivity index (χ0n) is 28.3. The molecule has 14 nitrogen and oxygen atoms in total. The van der Waals surface area contributed by atoms with Crippen molar-refractivity contribution in [1.82, 2.24) is 0 Å². The number of rotatable bonds is 7. The van der Waals surface area contributed by atoms with E-state index in [0.717, 1.165) is 27.7 Å². The van der Waals surface area contributed by atoms with Crippen molar-refractivity contribution in [1.29, 1.82) is 0 Å². The van der Waals surface area contributed by atoms with E-state index >= 15 is 0 Å². The molecule has 2 N–H and O–H groups in total. The van der Waals surface area contributed by atoms with Gasteiger partial charge in [-0.15, -0.1) is 0 Å². The molecule has 4 aliphatic rings. The summed E-state index contributed by atoms with van der Waals surface area (Å²) in [5, 5.41) is 24.6. The van der Waals surface area contributed by atoms with Crippen molar-refractivity contribution in [3.05, 3.63) is 48.0 Å². The van der Waals surface area contributed by atoms with E-state index in [4.69, 9.17) is 28.4 Å². The number of esters is 5. The monoisotopic (exact) mass is 686 g/mol. The van der Waals surface area contributed by atoms with E-state index in [1.165, 1.54) is 26.0 Å². The second kappa shape index (κ2) is 12.6. The van der Waals surface area contributed by atoms with Crippen LogP contribution in [0.15, 0.2) is 42.5 Å². The standard InChI is InChI=1S/C35H42O14/c1-17-23(40)13-25(46-18(2)36)34(16-44-31(42)22-11-9-8-10-12-22)26(17)28(47-19(3)37)27-24(41)14-33(7)35(43,32(27,6)15-45-33)30(49-21(5)39)29(34)48-20(4)38/h8-12,23,25-30,40,43H,1,13-16H2,2-7H3/t23-,25-,26+,27-,28-,29+,30-,32-,33+,34+,35-/m1/s1. The number of fused-ring (bicyclic) bond motifs is 1. The molecular weight excluding hydrogens is 644 g/mol. The van der Waals surface area contributed by atoms with Gasteiger partial charge < -0.3 is 38.6 Å². The van der Waals surface area contributed by atoms with Gasteiger partial charge in [0.1, 0.15) is 35.8 Å². The third kappa shape index (κ3) is 5.53. The Labute approximate surface area is 283 Å². The molecule has 266 valence electrons. The molecule has 1 saturated heterocycles. The molecule has 1 heterocycles. The number of carbonyl (C=O) groups excluding carboxylic acids is 6. The summed E-state index contributed by atoms with van der Waals surface area (Å²) in [7, 11) is 0. The molecule has 3 aliphatic carbocycles. The first-order valence-corrected chi connectivity index (χ1v) is 16.0. The van der Waals surface area contributed by atoms with Gasteiger partial charge in [-0.05, 0) is 24.6 Å². The third-order valence-electron chi connectivity index (χ3n) is 10.9. The minimum atomic E-state index is -2.34. The maximum Gasteiger partial charge on any atom is 0.338 e. The molecule has 4 bridgehead atoms. The molecule has 0 amide bonds. The molecular formula is C35H42O14. The van der Waals surface area contributed by atoms with Gasteiger partial charge in [0.05, 0.1) is 29.6 Å². The van der Waals surface area contributed by atoms with Gasteiger partial charge in [-0.1, -0.05) is 31.7 Å². The Hall–Kier alpha value is -4.14. The highest BCUT2D eigenvalue weighted by Gasteiger charge is 2.83. The molecule has 14 heteroatoms. The van der Waals surface area contributed by atoms with E-state index in [0.29, 0.717) is 0 Å². The lowest BCUT2D eigenvalue weighted by Crippen LogP contribution is -2.80. The van der Waals surface area contributed by atoms with Gasteiger partial charge in [0.15, 0.2) is 12.2 Å². The summed E-state index contributed by atoms with van der Waals surface area (Å²) < 4.78 is 35.9. The maximum atomic E-state index is 14.3. The van der Waals surface area contributed by atoms with E-state index in [9.17, 15) is 39.0 Å². The fourth-order valence-electron chi connectivity index (χ4n) is 8.99. The SMILES string of the molecule is C=C1[C@H](O)C[C@@H](OC(C)=O)[C@]2(COC(=O)c3ccccc3)[C@@H](OC(C)=O)[C@@H](OC(C)=O)[C@]3(O)[C@]4(C)CC(=O)[C@H]([C@H](OC(C)=O)[C@H]12)[C@@]3(C)CO4. The van der Waals surface area contributed by atoms with Crippen molar-refractivity contribution in [2.24, 2.45) is 22.7 Å². The topological polar surface area (TPSA) is 198 Å². The predicted molar refractivity (Wildman–Crippen MR) is 165 cm³/mol. The van der Waals surface area contributed by atoms with Crippen LogP contribution in [0, 0.1) is 22.7 Å². The summed E-state index contributed by atoms with van der Waals surface area (Å²) in [5.74, 6) is -7.79. The highest BCUT2D eigenvalue weighted by atomic mass is 16.6. The molecule has 5 rings (SSSR count). The summed E-state index contributed by atoms with van der Waals surface area (Å²) in [4.78, 5) is 79.7. The molecule has 49 heavy (non-hydrogen) atoms. The number of ether oxygens (including phenoxy) is 6. The summed E-state index contributed by atoms with van der Waals surface area (Å²) in [6.45, 7) is 10.4. The maximum absolute atomic E-state index is 14.3. The molecule has 1 aromatic rings. The number of aliphatic hydroxyl groups is 2. The van der Waals surface area contributed by atoms with Gasteiger partial charge in [0.25, 0.3) is 0 Å². The number of hydrogen-bond donors (Lipinski definition) is 2. The fourth-order valence-corrected chi connectivity index (χ4v) is 8.99. The van der Waals surface area contributed by atoms with Crippen LogP contribution in [-0.2, 0) is 52.4 Å². The smallest absolute Gasteiger partial charge is 0.338 e. The third-order valence-corrected chi connectivity index (χ3v) is 10.9. The van der Waals surface area contributed by atoms with Crippen molar-refractivity contribution in [2.75, 3.05) is 13.2 Å². The Kier molecular flexibility index (Phi) is 9.32. The Morgan fingerprint density at radius 2 is 1.45 bits per heavy atom. The first-order chi connectivity index (χ1) is 22.8. The van der Waals surface area contributed by atoms with Gasteiger partial charge in [0, 0.05) is 51.9 Å². The van der Waals surface area contributed by atoms with Crippen LogP contribution in [0.4, 0.5) is 0 Å². The normalized spacial score (nSPS) is 39.4. The predicted octanol–water partition coefficient (Wildman–Crippen LogP) is 1.62. The largest absolute Gasteiger partial charge is 0.462 e. The number of hydrogen-bond acceptors (Lipinski definition) is 14. The first kappa shape index (κ1) is 36.1. The molecule has 0 spiro atoms. The van der Waals surface area contributed by atoms with Gasteiger partial charge in [-0.25, -0.2) is 4.79 Å². The summed E-state index contributed by atoms with van der Waals surface area (Å²) in [6, 6.07) is 7.85. The Balaban J connectivity index is 1.91. The minimum Gasteiger partial charge on any atom is -0.462 e. The zero-order chi connectivity index (χ0) is 36.3. The second-order valence-electron chi connectivity index (χ2n) is 13.9. The van der Waals surface area contributed by atoms with Crippen LogP contribution in [0.1, 0.15) is 64.7 Å². The average Bonchev–Trinajstić information content (AvgIpc) is 3.12. The molecule has 11 atom stereocenters. The highest BCUT2D eigenvalue weighted by Crippen LogP contribution is 2.67. The number of carbonyl (C=O) groups is 6. The summed E-state index contributed by atoms with van der Waals surface area (Å²) in [6.07, 6.45) is -9.09. The van der Waals surface area contributed by atoms with E-state index in [1.807, 2.05) is 0 Å². The average molecular weight is 687 g/mol. The van der Waals surface area contributed by atoms with Crippen LogP contribution in [0.2, 0.25) is 0 Å². The number of aliphatic hydroxyl groups excluding tert-OH is 1. The lowest BCUT2D eigenvalue weighted by molar-refractivity contribution is -0.303. The van der Waals surface area contributed by atoms with Crippen molar-refractivity contribution in [3.8, 4) is 0 Å². The number of Topliss-reactive ketones (excluding diaryl/α,β-unsaturated/α-hetero) is 1. The molecule has 0 unspecified atom stereocenters. The van der Waals surface area contributed by atoms with Crippen molar-refractivity contribution < 1.29 is 67.4 Å². The lowest BCUT2D eigenvalue weighted by atomic mass is 9.43. The minimum absolute atomic E-state index is 0.0294. The quantitative estimate of drug-likeness (QED) is 0.238. The summed E-state index contributed by atoms with van der Waals surface area (Å²) in [5.41, 5.74) is -7.79. The van der Waals surface area contributed by atoms with E-state index in [2.05, 4.69) is 6.58 Å². The molecule has 0 radical (unpaired) electrons. The molecule has 0 aromatic heterocycles. The second-order valence-corrected chi connectivity index (χ2v) is 13.9. The number of benzene rings is 1. The zero-order valence-corrected chi connectivity index (χ0v) is 28.3. The summed E-state index contributed by atoms with van der Waals surface area (Å²) >= 11 is 0. The van der Waals surface area contributed by atoms with Crippen LogP contribution < -0.4 is 0 Å². The van der Waals surface area contributed by atoms with Crippen LogP contribution >= 0.6 is 0 Å². The molecule has 4 fully saturated rings. The highest BCUT2D eigenvalue weighted by molar-refractivity contribution is 5.89. The van der Waals surface area contributed by atoms with Gasteiger partial charge in [-0.2, -0.15) is 0 Å². The Morgan fingerprint density at radius 3 is 2.02 bits per heavy atom. The van der Waals surface area contributed by atoms with Crippen molar-refractivity contribution in [2.45, 2.75) is 96.1 Å². The Morgan fingerprint density at radius 1 is 0.878 bits per heavy atom. The van der Waals surface area contributed by atoms with Crippen molar-refractivity contribution >= 4 is 35.6 Å². The van der Waals surface area contributed by atoms with Gasteiger partial charge in [-0.3, -0.25) is 24.0 Å². The Bertz CT molecular complexity index is 1570. The molecule has 3 saturated carbocycles. The van der Waals surface area contributed by atoms with Crippen LogP contribution in [0.5, 0.6) is 0 Å². The van der Waals surface area contributed by atoms with E-state index in [1.54, 1.807) is 18.2 Å². The molecule has 1 aromatic carbocycles. The fraction of sp³-hybridized carbons (Fsp3) is 0.600. The van der Waals surface area contributed by atoms with Gasteiger partial charge in [0.2, 0.25) is 0 Å². The van der Waals surface area contributed by atoms with Gasteiger partial charge >= 0.3 is 29.8 Å². The van der Waals surface area contributed by atoms with Crippen LogP contribution in [0.3, 0.4) is 0 Å². The number of ketones is 1. The van der Waals surface area contributed by atoms with E-state index in [-0.39, 0.29) is 17.7 Å². The van der Waals surface area contributed by atoms with Crippen LogP contribution in [-0.4, -0.2) is 101 Å². The first-order valence-electron chi connectivity index (χ1n) is 16.0. The van der Waals surface area contributed by atoms with Crippen LogP contribution in [0.25, 0.3) is 0 Å². The van der Waals surface area contributed by atoms with Crippen molar-refractivity contribution in [3.63, 3.8) is 0 Å². The molecule has 1 aliphatic heterocycles. The lowest BCUT2D eigenvalue weighted by Gasteiger charge is -2.64.